The van der Waals surface area contributed by atoms with Gasteiger partial charge in [0, 0.05) is 16.7 Å². The highest BCUT2D eigenvalue weighted by atomic mass is 28.1. The summed E-state index contributed by atoms with van der Waals surface area (Å²) in [6, 6.07) is 0.416. The van der Waals surface area contributed by atoms with Crippen LogP contribution in [0.3, 0.4) is 0 Å². The molecule has 47 valence electrons. The standard InChI is InChI=1S/C4H6F3Si/c5-4(6,7)2-1-3-8/h1-3H2. The van der Waals surface area contributed by atoms with Crippen LogP contribution in [-0.2, 0) is 0 Å². The Hall–Kier alpha value is 0.00688. The molecule has 0 aromatic heterocycles. The van der Waals surface area contributed by atoms with Gasteiger partial charge >= 0.3 is 6.18 Å². The first kappa shape index (κ1) is 8.01. The molecule has 8 heavy (non-hydrogen) atoms. The van der Waals surface area contributed by atoms with E-state index in [2.05, 4.69) is 10.2 Å². The van der Waals surface area contributed by atoms with Gasteiger partial charge in [-0.2, -0.15) is 13.2 Å². The van der Waals surface area contributed by atoms with Gasteiger partial charge in [0.2, 0.25) is 0 Å². The van der Waals surface area contributed by atoms with Gasteiger partial charge < -0.3 is 0 Å². The van der Waals surface area contributed by atoms with Crippen molar-refractivity contribution in [2.24, 2.45) is 0 Å². The smallest absolute Gasteiger partial charge is 0.171 e. The predicted octanol–water partition coefficient (Wildman–Crippen LogP) is 1.92. The summed E-state index contributed by atoms with van der Waals surface area (Å²) in [6.07, 6.45) is -4.50. The molecule has 4 heteroatoms. The Morgan fingerprint density at radius 3 is 1.88 bits per heavy atom. The summed E-state index contributed by atoms with van der Waals surface area (Å²) < 4.78 is 33.7. The molecule has 0 atom stereocenters. The Balaban J connectivity index is 3.11. The van der Waals surface area contributed by atoms with Crippen LogP contribution < -0.4 is 0 Å². The third-order valence-corrected chi connectivity index (χ3v) is 0.991. The first-order chi connectivity index (χ1) is 3.56. The van der Waals surface area contributed by atoms with Gasteiger partial charge in [0.1, 0.15) is 0 Å². The monoisotopic (exact) mass is 139 g/mol. The summed E-state index contributed by atoms with van der Waals surface area (Å²) in [6.45, 7) is 0. The molecule has 0 aromatic carbocycles. The van der Waals surface area contributed by atoms with Gasteiger partial charge in [0.15, 0.2) is 0 Å². The molecule has 0 nitrogen and oxygen atoms in total. The molecule has 0 spiro atoms. The predicted molar refractivity (Wildman–Crippen MR) is 25.8 cm³/mol. The van der Waals surface area contributed by atoms with Gasteiger partial charge in [-0.15, -0.1) is 0 Å². The second-order valence-electron chi connectivity index (χ2n) is 1.47. The highest BCUT2D eigenvalue weighted by Crippen LogP contribution is 2.21. The molecule has 0 N–H and O–H groups in total. The van der Waals surface area contributed by atoms with Crippen LogP contribution in [0.15, 0.2) is 0 Å². The zero-order valence-corrected chi connectivity index (χ0v) is 5.26. The number of hydrogen-bond acceptors (Lipinski definition) is 0. The zero-order chi connectivity index (χ0) is 6.62. The van der Waals surface area contributed by atoms with Crippen molar-refractivity contribution in [3.8, 4) is 0 Å². The van der Waals surface area contributed by atoms with E-state index in [4.69, 9.17) is 0 Å². The molecule has 0 bridgehead atoms. The lowest BCUT2D eigenvalue weighted by atomic mass is 10.3. The first-order valence-corrected chi connectivity index (χ1v) is 2.98. The van der Waals surface area contributed by atoms with Crippen LogP contribution in [0.2, 0.25) is 6.04 Å². The van der Waals surface area contributed by atoms with E-state index in [-0.39, 0.29) is 6.42 Å². The van der Waals surface area contributed by atoms with Crippen LogP contribution in [0.25, 0.3) is 0 Å². The van der Waals surface area contributed by atoms with Gasteiger partial charge in [-0.25, -0.2) is 0 Å². The fraction of sp³-hybridized carbons (Fsp3) is 1.00. The lowest BCUT2D eigenvalue weighted by Crippen LogP contribution is -2.05. The largest absolute Gasteiger partial charge is 0.389 e. The quantitative estimate of drug-likeness (QED) is 0.513. The Bertz CT molecular complexity index is 58.8. The minimum absolute atomic E-state index is 0.167. The Morgan fingerprint density at radius 2 is 1.75 bits per heavy atom. The lowest BCUT2D eigenvalue weighted by molar-refractivity contribution is -0.134. The topological polar surface area (TPSA) is 0 Å². The molecule has 0 saturated carbocycles. The fourth-order valence-electron chi connectivity index (χ4n) is 0.289. The van der Waals surface area contributed by atoms with Crippen molar-refractivity contribution in [1.82, 2.24) is 0 Å². The molecule has 0 fully saturated rings. The maximum atomic E-state index is 11.2. The maximum absolute atomic E-state index is 11.2. The molecule has 3 radical (unpaired) electrons. The normalized spacial score (nSPS) is 12.0. The van der Waals surface area contributed by atoms with Crippen molar-refractivity contribution in [3.05, 3.63) is 0 Å². The van der Waals surface area contributed by atoms with Crippen LogP contribution >= 0.6 is 0 Å². The van der Waals surface area contributed by atoms with E-state index < -0.39 is 12.6 Å². The second-order valence-corrected chi connectivity index (χ2v) is 1.97. The molecule has 0 aliphatic heterocycles. The Labute approximate surface area is 49.5 Å². The molecule has 0 aromatic rings. The summed E-state index contributed by atoms with van der Waals surface area (Å²) in [7, 11) is 2.94. The molecular weight excluding hydrogens is 133 g/mol. The van der Waals surface area contributed by atoms with Crippen molar-refractivity contribution in [3.63, 3.8) is 0 Å². The Morgan fingerprint density at radius 1 is 1.25 bits per heavy atom. The van der Waals surface area contributed by atoms with Crippen LogP contribution in [0.5, 0.6) is 0 Å². The molecule has 0 amide bonds. The van der Waals surface area contributed by atoms with E-state index in [9.17, 15) is 13.2 Å². The zero-order valence-electron chi connectivity index (χ0n) is 4.26. The second kappa shape index (κ2) is 3.12. The van der Waals surface area contributed by atoms with Crippen molar-refractivity contribution >= 4 is 10.2 Å². The third-order valence-electron chi connectivity index (χ3n) is 0.637. The molecule has 0 unspecified atom stereocenters. The minimum atomic E-state index is -3.98. The van der Waals surface area contributed by atoms with E-state index in [1.165, 1.54) is 0 Å². The molecule has 0 heterocycles. The number of hydrogen-bond donors (Lipinski definition) is 0. The van der Waals surface area contributed by atoms with E-state index in [1.807, 2.05) is 0 Å². The lowest BCUT2D eigenvalue weighted by Gasteiger charge is -2.02. The fourth-order valence-corrected chi connectivity index (χ4v) is 0.466. The van der Waals surface area contributed by atoms with Gasteiger partial charge in [-0.05, 0) is 6.42 Å². The third kappa shape index (κ3) is 6.01. The summed E-state index contributed by atoms with van der Waals surface area (Å²) in [5.41, 5.74) is 0. The molecular formula is C4H6F3Si. The molecule has 0 aliphatic rings. The SMILES string of the molecule is FC(F)(F)CCC[Si]. The van der Waals surface area contributed by atoms with Crippen LogP contribution in [-0.4, -0.2) is 16.4 Å². The van der Waals surface area contributed by atoms with Gasteiger partial charge in [-0.3, -0.25) is 0 Å². The van der Waals surface area contributed by atoms with E-state index in [0.29, 0.717) is 6.04 Å². The number of halogens is 3. The van der Waals surface area contributed by atoms with E-state index in [1.54, 1.807) is 0 Å². The first-order valence-electron chi connectivity index (χ1n) is 2.27. The van der Waals surface area contributed by atoms with Crippen LogP contribution in [0.1, 0.15) is 12.8 Å². The Kier molecular flexibility index (Phi) is 3.12. The van der Waals surface area contributed by atoms with Crippen molar-refractivity contribution in [2.45, 2.75) is 25.1 Å². The minimum Gasteiger partial charge on any atom is -0.171 e. The summed E-state index contributed by atoms with van der Waals surface area (Å²) in [4.78, 5) is 0. The average Bonchev–Trinajstić information content (AvgIpc) is 1.59. The maximum Gasteiger partial charge on any atom is 0.389 e. The highest BCUT2D eigenvalue weighted by Gasteiger charge is 2.25. The molecule has 0 saturated heterocycles. The van der Waals surface area contributed by atoms with Crippen molar-refractivity contribution in [1.29, 1.82) is 0 Å². The van der Waals surface area contributed by atoms with Crippen LogP contribution in [0, 0.1) is 0 Å². The van der Waals surface area contributed by atoms with Gasteiger partial charge in [0.25, 0.3) is 0 Å². The van der Waals surface area contributed by atoms with Gasteiger partial charge in [0.05, 0.1) is 0 Å². The summed E-state index contributed by atoms with van der Waals surface area (Å²) >= 11 is 0. The highest BCUT2D eigenvalue weighted by molar-refractivity contribution is 6.08. The molecule has 0 aliphatic carbocycles. The average molecular weight is 139 g/mol. The number of rotatable bonds is 2. The van der Waals surface area contributed by atoms with E-state index >= 15 is 0 Å². The van der Waals surface area contributed by atoms with Crippen molar-refractivity contribution < 1.29 is 13.2 Å². The number of alkyl halides is 3. The van der Waals surface area contributed by atoms with Crippen LogP contribution in [0.4, 0.5) is 13.2 Å². The van der Waals surface area contributed by atoms with E-state index in [0.717, 1.165) is 0 Å². The van der Waals surface area contributed by atoms with Gasteiger partial charge in [-0.1, -0.05) is 6.04 Å². The summed E-state index contributed by atoms with van der Waals surface area (Å²) in [5, 5.41) is 0. The van der Waals surface area contributed by atoms with Crippen molar-refractivity contribution in [2.75, 3.05) is 0 Å². The summed E-state index contributed by atoms with van der Waals surface area (Å²) in [5.74, 6) is 0. The molecule has 0 rings (SSSR count).